The predicted octanol–water partition coefficient (Wildman–Crippen LogP) is 2.89. The Balaban J connectivity index is 2.04. The lowest BCUT2D eigenvalue weighted by atomic mass is 10.3. The van der Waals surface area contributed by atoms with Crippen molar-refractivity contribution in [2.45, 2.75) is 6.61 Å². The fraction of sp³-hybridized carbons (Fsp3) is 0.182. The van der Waals surface area contributed by atoms with E-state index in [2.05, 4.69) is 5.10 Å². The summed E-state index contributed by atoms with van der Waals surface area (Å²) in [4.78, 5) is 0. The molecular formula is C11H11Cl2N3O. The molecule has 4 nitrogen and oxygen atoms in total. The van der Waals surface area contributed by atoms with Gasteiger partial charge >= 0.3 is 0 Å². The third kappa shape index (κ3) is 2.84. The van der Waals surface area contributed by atoms with Crippen molar-refractivity contribution < 1.29 is 4.74 Å². The summed E-state index contributed by atoms with van der Waals surface area (Å²) in [6, 6.07) is 6.86. The van der Waals surface area contributed by atoms with Crippen molar-refractivity contribution >= 4 is 29.0 Å². The average molecular weight is 272 g/mol. The number of aromatic nitrogens is 2. The number of anilines is 1. The minimum Gasteiger partial charge on any atom is -0.487 e. The lowest BCUT2D eigenvalue weighted by molar-refractivity contribution is 0.300. The van der Waals surface area contributed by atoms with E-state index in [1.54, 1.807) is 36.0 Å². The van der Waals surface area contributed by atoms with Crippen LogP contribution in [-0.4, -0.2) is 9.78 Å². The van der Waals surface area contributed by atoms with Crippen molar-refractivity contribution in [2.24, 2.45) is 7.05 Å². The van der Waals surface area contributed by atoms with Crippen LogP contribution in [0.15, 0.2) is 24.3 Å². The fourth-order valence-corrected chi connectivity index (χ4v) is 1.63. The maximum atomic E-state index is 5.87. The molecule has 0 fully saturated rings. The zero-order chi connectivity index (χ0) is 12.4. The highest BCUT2D eigenvalue weighted by Crippen LogP contribution is 2.26. The molecule has 90 valence electrons. The zero-order valence-corrected chi connectivity index (χ0v) is 10.7. The van der Waals surface area contributed by atoms with Crippen LogP contribution in [0.1, 0.15) is 5.69 Å². The molecule has 0 bridgehead atoms. The molecule has 1 heterocycles. The highest BCUT2D eigenvalue weighted by Gasteiger charge is 2.04. The number of halogens is 2. The van der Waals surface area contributed by atoms with Crippen LogP contribution in [0.25, 0.3) is 0 Å². The maximum Gasteiger partial charge on any atom is 0.132 e. The maximum absolute atomic E-state index is 5.87. The highest BCUT2D eigenvalue weighted by atomic mass is 35.5. The number of benzene rings is 1. The molecule has 0 unspecified atom stereocenters. The molecule has 0 radical (unpaired) electrons. The van der Waals surface area contributed by atoms with E-state index in [4.69, 9.17) is 33.7 Å². The molecule has 0 saturated heterocycles. The molecule has 0 atom stereocenters. The number of aryl methyl sites for hydroxylation is 1. The lowest BCUT2D eigenvalue weighted by Crippen LogP contribution is -1.99. The summed E-state index contributed by atoms with van der Waals surface area (Å²) < 4.78 is 7.11. The van der Waals surface area contributed by atoms with Gasteiger partial charge in [0.05, 0.1) is 10.0 Å². The number of hydrogen-bond donors (Lipinski definition) is 1. The third-order valence-corrected chi connectivity index (χ3v) is 2.98. The van der Waals surface area contributed by atoms with Crippen LogP contribution in [0.3, 0.4) is 0 Å². The molecule has 0 aliphatic heterocycles. The van der Waals surface area contributed by atoms with Crippen LogP contribution in [0.2, 0.25) is 10.0 Å². The van der Waals surface area contributed by atoms with Crippen molar-refractivity contribution in [3.05, 3.63) is 40.0 Å². The standard InChI is InChI=1S/C11H11Cl2N3O/c1-16-11(14)4-7(15-16)6-17-8-2-3-9(12)10(13)5-8/h2-5H,6,14H2,1H3. The van der Waals surface area contributed by atoms with E-state index in [1.807, 2.05) is 0 Å². The molecule has 1 aromatic carbocycles. The van der Waals surface area contributed by atoms with Crippen LogP contribution in [0.4, 0.5) is 5.82 Å². The van der Waals surface area contributed by atoms with E-state index in [-0.39, 0.29) is 0 Å². The first-order valence-electron chi connectivity index (χ1n) is 4.92. The second-order valence-electron chi connectivity index (χ2n) is 3.55. The van der Waals surface area contributed by atoms with Gasteiger partial charge in [0, 0.05) is 19.2 Å². The summed E-state index contributed by atoms with van der Waals surface area (Å²) in [6.07, 6.45) is 0. The van der Waals surface area contributed by atoms with Crippen molar-refractivity contribution in [2.75, 3.05) is 5.73 Å². The van der Waals surface area contributed by atoms with Gasteiger partial charge in [-0.25, -0.2) is 0 Å². The first-order valence-corrected chi connectivity index (χ1v) is 5.68. The number of nitrogens with zero attached hydrogens (tertiary/aromatic N) is 2. The first-order chi connectivity index (χ1) is 8.06. The molecule has 0 saturated carbocycles. The van der Waals surface area contributed by atoms with Crippen LogP contribution < -0.4 is 10.5 Å². The Kier molecular flexibility index (Phi) is 3.45. The number of ether oxygens (including phenoxy) is 1. The number of nitrogens with two attached hydrogens (primary N) is 1. The minimum absolute atomic E-state index is 0.336. The Bertz CT molecular complexity index is 520. The lowest BCUT2D eigenvalue weighted by Gasteiger charge is -2.05. The Morgan fingerprint density at radius 3 is 2.65 bits per heavy atom. The molecule has 17 heavy (non-hydrogen) atoms. The van der Waals surface area contributed by atoms with Gasteiger partial charge in [0.1, 0.15) is 23.9 Å². The summed E-state index contributed by atoms with van der Waals surface area (Å²) in [6.45, 7) is 0.336. The molecule has 0 spiro atoms. The van der Waals surface area contributed by atoms with Crippen LogP contribution in [0.5, 0.6) is 5.75 Å². The van der Waals surface area contributed by atoms with Gasteiger partial charge in [0.15, 0.2) is 0 Å². The van der Waals surface area contributed by atoms with E-state index in [0.717, 1.165) is 5.69 Å². The monoisotopic (exact) mass is 271 g/mol. The van der Waals surface area contributed by atoms with Gasteiger partial charge in [-0.15, -0.1) is 0 Å². The Morgan fingerprint density at radius 1 is 1.29 bits per heavy atom. The van der Waals surface area contributed by atoms with Crippen LogP contribution in [0, 0.1) is 0 Å². The van der Waals surface area contributed by atoms with Crippen molar-refractivity contribution in [3.8, 4) is 5.75 Å². The fourth-order valence-electron chi connectivity index (χ4n) is 1.34. The van der Waals surface area contributed by atoms with Gasteiger partial charge in [0.25, 0.3) is 0 Å². The number of nitrogen functional groups attached to an aromatic ring is 1. The Morgan fingerprint density at radius 2 is 2.06 bits per heavy atom. The predicted molar refractivity (Wildman–Crippen MR) is 68.4 cm³/mol. The van der Waals surface area contributed by atoms with Gasteiger partial charge in [-0.2, -0.15) is 5.10 Å². The Labute approximate surface area is 109 Å². The molecular weight excluding hydrogens is 261 g/mol. The molecule has 2 aromatic rings. The van der Waals surface area contributed by atoms with Crippen molar-refractivity contribution in [3.63, 3.8) is 0 Å². The highest BCUT2D eigenvalue weighted by molar-refractivity contribution is 6.42. The molecule has 0 aliphatic carbocycles. The second-order valence-corrected chi connectivity index (χ2v) is 4.36. The second kappa shape index (κ2) is 4.85. The van der Waals surface area contributed by atoms with Gasteiger partial charge in [-0.3, -0.25) is 4.68 Å². The summed E-state index contributed by atoms with van der Waals surface area (Å²) in [5, 5.41) is 5.14. The Hall–Kier alpha value is -1.39. The van der Waals surface area contributed by atoms with E-state index in [0.29, 0.717) is 28.2 Å². The zero-order valence-electron chi connectivity index (χ0n) is 9.15. The van der Waals surface area contributed by atoms with E-state index in [1.165, 1.54) is 0 Å². The van der Waals surface area contributed by atoms with Crippen molar-refractivity contribution in [1.82, 2.24) is 9.78 Å². The van der Waals surface area contributed by atoms with E-state index < -0.39 is 0 Å². The summed E-state index contributed by atoms with van der Waals surface area (Å²) in [5.41, 5.74) is 6.42. The van der Waals surface area contributed by atoms with E-state index >= 15 is 0 Å². The molecule has 1 aromatic heterocycles. The van der Waals surface area contributed by atoms with Gasteiger partial charge in [0.2, 0.25) is 0 Å². The van der Waals surface area contributed by atoms with E-state index in [9.17, 15) is 0 Å². The van der Waals surface area contributed by atoms with Gasteiger partial charge in [-0.05, 0) is 12.1 Å². The molecule has 0 amide bonds. The number of hydrogen-bond acceptors (Lipinski definition) is 3. The van der Waals surface area contributed by atoms with Crippen LogP contribution in [-0.2, 0) is 13.7 Å². The average Bonchev–Trinajstić information content (AvgIpc) is 2.60. The topological polar surface area (TPSA) is 53.1 Å². The summed E-state index contributed by atoms with van der Waals surface area (Å²) >= 11 is 11.7. The third-order valence-electron chi connectivity index (χ3n) is 2.24. The summed E-state index contributed by atoms with van der Waals surface area (Å²) in [7, 11) is 1.78. The molecule has 6 heteroatoms. The molecule has 2 rings (SSSR count). The normalized spacial score (nSPS) is 10.5. The van der Waals surface area contributed by atoms with Gasteiger partial charge < -0.3 is 10.5 Å². The molecule has 2 N–H and O–H groups in total. The van der Waals surface area contributed by atoms with Crippen molar-refractivity contribution in [1.29, 1.82) is 0 Å². The SMILES string of the molecule is Cn1nc(COc2ccc(Cl)c(Cl)c2)cc1N. The summed E-state index contributed by atoms with van der Waals surface area (Å²) in [5.74, 6) is 1.24. The van der Waals surface area contributed by atoms with Gasteiger partial charge in [-0.1, -0.05) is 23.2 Å². The van der Waals surface area contributed by atoms with Crippen LogP contribution >= 0.6 is 23.2 Å². The minimum atomic E-state index is 0.336. The number of rotatable bonds is 3. The first kappa shape index (κ1) is 12.1. The largest absolute Gasteiger partial charge is 0.487 e. The molecule has 0 aliphatic rings. The quantitative estimate of drug-likeness (QED) is 0.934. The smallest absolute Gasteiger partial charge is 0.132 e.